The third-order valence-corrected chi connectivity index (χ3v) is 12.9. The number of nitrogens with one attached hydrogen (secondary N) is 3. The van der Waals surface area contributed by atoms with Gasteiger partial charge in [-0.2, -0.15) is 13.2 Å². The Morgan fingerprint density at radius 2 is 1.52 bits per heavy atom. The van der Waals surface area contributed by atoms with Crippen LogP contribution in [0.3, 0.4) is 0 Å². The number of hydrogen-bond donors (Lipinski definition) is 4. The lowest BCUT2D eigenvalue weighted by Gasteiger charge is -2.55. The molecule has 4 N–H and O–H groups in total. The van der Waals surface area contributed by atoms with E-state index in [0.717, 1.165) is 62.7 Å². The molecule has 0 saturated carbocycles. The van der Waals surface area contributed by atoms with E-state index in [1.807, 2.05) is 36.4 Å². The number of nitrogens with zero attached hydrogens (tertiary/aromatic N) is 6. The molecule has 0 aliphatic carbocycles. The summed E-state index contributed by atoms with van der Waals surface area (Å²) in [5.74, 6) is -3.15. The highest BCUT2D eigenvalue weighted by Gasteiger charge is 2.46. The summed E-state index contributed by atoms with van der Waals surface area (Å²) >= 11 is 6.63. The molecule has 10 rings (SSSR count). The average Bonchev–Trinajstić information content (AvgIpc) is 3.80. The van der Waals surface area contributed by atoms with Crippen molar-refractivity contribution in [2.24, 2.45) is 0 Å². The first-order valence-corrected chi connectivity index (χ1v) is 21.5. The first-order valence-electron chi connectivity index (χ1n) is 21.2. The Labute approximate surface area is 378 Å². The number of imide groups is 2. The summed E-state index contributed by atoms with van der Waals surface area (Å²) in [4.78, 5) is 93.6. The van der Waals surface area contributed by atoms with Crippen molar-refractivity contribution in [1.29, 1.82) is 0 Å². The van der Waals surface area contributed by atoms with Crippen molar-refractivity contribution in [2.75, 3.05) is 49.5 Å². The number of aromatic nitrogens is 3. The topological polar surface area (TPSA) is 210 Å². The second-order valence-corrected chi connectivity index (χ2v) is 17.0. The summed E-state index contributed by atoms with van der Waals surface area (Å²) in [5.41, 5.74) is 2.84. The van der Waals surface area contributed by atoms with Crippen molar-refractivity contribution in [3.8, 4) is 11.5 Å². The number of H-pyrrole nitrogens is 1. The maximum atomic E-state index is 13.9. The number of likely N-dealkylation sites (tertiary alicyclic amines) is 2. The number of ether oxygens (including phenoxy) is 1. The molecule has 1 unspecified atom stereocenters. The molecule has 5 aliphatic heterocycles. The Morgan fingerprint density at radius 3 is 2.20 bits per heavy atom. The van der Waals surface area contributed by atoms with Crippen LogP contribution in [0.1, 0.15) is 62.3 Å². The first kappa shape index (κ1) is 44.3. The largest absolute Gasteiger partial charge is 0.490 e. The van der Waals surface area contributed by atoms with E-state index < -0.39 is 41.8 Å². The maximum absolute atomic E-state index is 13.9. The number of amides is 4. The number of piperidine rings is 2. The molecule has 4 saturated heterocycles. The van der Waals surface area contributed by atoms with Crippen LogP contribution in [-0.4, -0.2) is 140 Å². The zero-order valence-electron chi connectivity index (χ0n) is 34.9. The lowest BCUT2D eigenvalue weighted by molar-refractivity contribution is -0.192. The van der Waals surface area contributed by atoms with Gasteiger partial charge in [-0.1, -0.05) is 29.8 Å². The van der Waals surface area contributed by atoms with Gasteiger partial charge < -0.3 is 25.0 Å². The van der Waals surface area contributed by atoms with Crippen LogP contribution in [0.25, 0.3) is 11.0 Å². The van der Waals surface area contributed by atoms with Gasteiger partial charge in [0.2, 0.25) is 11.8 Å². The van der Waals surface area contributed by atoms with Crippen LogP contribution in [0.15, 0.2) is 79.3 Å². The number of alkyl halides is 3. The predicted octanol–water partition coefficient (Wildman–Crippen LogP) is 5.12. The molecule has 66 heavy (non-hydrogen) atoms. The molecule has 0 bridgehead atoms. The minimum Gasteiger partial charge on any atom is -0.475 e. The molecule has 17 nitrogen and oxygen atoms in total. The van der Waals surface area contributed by atoms with Gasteiger partial charge in [-0.3, -0.25) is 44.0 Å². The zero-order chi connectivity index (χ0) is 46.4. The summed E-state index contributed by atoms with van der Waals surface area (Å²) < 4.78 is 37.6. The summed E-state index contributed by atoms with van der Waals surface area (Å²) in [6, 6.07) is 19.8. The monoisotopic (exact) mass is 927 g/mol. The Bertz CT molecular complexity index is 2750. The van der Waals surface area contributed by atoms with Crippen molar-refractivity contribution in [1.82, 2.24) is 35.0 Å². The fourth-order valence-electron chi connectivity index (χ4n) is 8.94. The third-order valence-electron chi connectivity index (χ3n) is 12.6. The highest BCUT2D eigenvalue weighted by Crippen LogP contribution is 2.36. The van der Waals surface area contributed by atoms with E-state index in [-0.39, 0.29) is 35.3 Å². The Hall–Kier alpha value is -6.90. The number of ketones is 1. The number of carbonyl (C=O) groups excluding carboxylic acids is 5. The molecule has 1 atom stereocenters. The van der Waals surface area contributed by atoms with Crippen molar-refractivity contribution >= 4 is 69.5 Å². The molecule has 5 aliphatic rings. The molecule has 2 aromatic heterocycles. The molecule has 0 spiro atoms. The Balaban J connectivity index is 0.000000726. The van der Waals surface area contributed by atoms with Gasteiger partial charge in [0, 0.05) is 87.3 Å². The fourth-order valence-corrected chi connectivity index (χ4v) is 9.19. The number of fused-ring (bicyclic) bond motifs is 2. The number of para-hydroxylation sites is 1. The van der Waals surface area contributed by atoms with Crippen molar-refractivity contribution in [2.45, 2.75) is 56.0 Å². The average molecular weight is 928 g/mol. The smallest absolute Gasteiger partial charge is 0.475 e. The predicted molar refractivity (Wildman–Crippen MR) is 232 cm³/mol. The standard InChI is InChI=1S/C43H40ClN9O6.C2HF3O2/c44-34-17-29(59-28-4-2-1-3-5-28)7-9-31(34)38(55)33-18-45-39-37(33)40(47-23-46-39)48-24-12-14-50(15-13-24)26-19-52(20-26)27-21-51(22-27)25-6-8-30-32(16-25)43(58)53(42(30)57)35-10-11-36(54)49-41(35)56;3-2(4,5)1(6)7/h1-9,16-18,23-24,26-27,35H,10-15,19-22H2,(H,49,54,56)(H2,45,46,47,48);(H,6,7). The maximum Gasteiger partial charge on any atom is 0.490 e. The number of carboxylic acids is 1. The van der Waals surface area contributed by atoms with Crippen LogP contribution >= 0.6 is 11.6 Å². The molecular formula is C45H41ClF3N9O8. The number of carboxylic acid groups (broad SMARTS) is 1. The molecule has 21 heteroatoms. The number of hydrogen-bond acceptors (Lipinski definition) is 13. The molecule has 4 amide bonds. The van der Waals surface area contributed by atoms with Gasteiger partial charge >= 0.3 is 12.1 Å². The van der Waals surface area contributed by atoms with Gasteiger partial charge in [-0.15, -0.1) is 0 Å². The van der Waals surface area contributed by atoms with E-state index in [9.17, 15) is 37.1 Å². The highest BCUT2D eigenvalue weighted by molar-refractivity contribution is 6.36. The first-order chi connectivity index (χ1) is 31.6. The van der Waals surface area contributed by atoms with Crippen LogP contribution in [0.5, 0.6) is 11.5 Å². The van der Waals surface area contributed by atoms with Crippen LogP contribution < -0.4 is 20.3 Å². The SMILES string of the molecule is O=C(O)C(F)(F)F.O=C1CCC(N2C(=O)c3ccc(N4CC(N5CC(N6CCC(Nc7ncnc8[nH]cc(C(=O)c9ccc(Oc%10ccccc%10)cc9Cl)c78)CC6)C5)C4)cc3C2=O)C(=O)N1. The molecular weight excluding hydrogens is 887 g/mol. The minimum absolute atomic E-state index is 0.0883. The van der Waals surface area contributed by atoms with Crippen LogP contribution in [0.2, 0.25) is 5.02 Å². The van der Waals surface area contributed by atoms with Gasteiger partial charge in [-0.25, -0.2) is 14.8 Å². The number of rotatable bonds is 10. The second-order valence-electron chi connectivity index (χ2n) is 16.6. The Kier molecular flexibility index (Phi) is 12.0. The van der Waals surface area contributed by atoms with Crippen molar-refractivity contribution < 1.29 is 51.8 Å². The third kappa shape index (κ3) is 8.78. The van der Waals surface area contributed by atoms with E-state index in [1.165, 1.54) is 6.33 Å². The quantitative estimate of drug-likeness (QED) is 0.106. The lowest BCUT2D eigenvalue weighted by atomic mass is 9.95. The highest BCUT2D eigenvalue weighted by atomic mass is 35.5. The summed E-state index contributed by atoms with van der Waals surface area (Å²) in [6.45, 7) is 5.55. The molecule has 5 aromatic rings. The van der Waals surface area contributed by atoms with Gasteiger partial charge in [0.25, 0.3) is 11.8 Å². The van der Waals surface area contributed by atoms with Gasteiger partial charge in [0.15, 0.2) is 5.78 Å². The number of anilines is 2. The summed E-state index contributed by atoms with van der Waals surface area (Å²) in [5, 5.41) is 13.9. The second kappa shape index (κ2) is 17.8. The number of aromatic amines is 1. The van der Waals surface area contributed by atoms with Gasteiger partial charge in [0.1, 0.15) is 35.3 Å². The van der Waals surface area contributed by atoms with Crippen LogP contribution in [0, 0.1) is 0 Å². The molecule has 0 radical (unpaired) electrons. The normalized spacial score (nSPS) is 19.7. The molecule has 342 valence electrons. The van der Waals surface area contributed by atoms with E-state index in [4.69, 9.17) is 26.2 Å². The zero-order valence-corrected chi connectivity index (χ0v) is 35.6. The van der Waals surface area contributed by atoms with Gasteiger partial charge in [-0.05, 0) is 61.7 Å². The number of halogens is 4. The fraction of sp³-hybridized carbons (Fsp3) is 0.333. The number of benzene rings is 3. The Morgan fingerprint density at radius 1 is 0.818 bits per heavy atom. The van der Waals surface area contributed by atoms with Crippen LogP contribution in [0.4, 0.5) is 24.7 Å². The van der Waals surface area contributed by atoms with Crippen LogP contribution in [-0.2, 0) is 14.4 Å². The number of carbonyl (C=O) groups is 6. The molecule has 4 fully saturated rings. The molecule has 3 aromatic carbocycles. The summed E-state index contributed by atoms with van der Waals surface area (Å²) in [6.07, 6.45) is 0.167. The van der Waals surface area contributed by atoms with E-state index in [1.54, 1.807) is 36.5 Å². The van der Waals surface area contributed by atoms with Crippen molar-refractivity contribution in [3.63, 3.8) is 0 Å². The lowest BCUT2D eigenvalue weighted by Crippen LogP contribution is -2.70. The van der Waals surface area contributed by atoms with Gasteiger partial charge in [0.05, 0.1) is 27.1 Å². The van der Waals surface area contributed by atoms with E-state index in [0.29, 0.717) is 57.1 Å². The minimum atomic E-state index is -5.08. The van der Waals surface area contributed by atoms with E-state index in [2.05, 4.69) is 40.3 Å². The molecule has 7 heterocycles. The summed E-state index contributed by atoms with van der Waals surface area (Å²) in [7, 11) is 0. The van der Waals surface area contributed by atoms with Crippen molar-refractivity contribution in [3.05, 3.63) is 107 Å². The van der Waals surface area contributed by atoms with E-state index >= 15 is 0 Å². The number of aliphatic carboxylic acids is 1.